The van der Waals surface area contributed by atoms with Gasteiger partial charge in [0.05, 0.1) is 17.7 Å². The fourth-order valence-electron chi connectivity index (χ4n) is 1.57. The lowest BCUT2D eigenvalue weighted by molar-refractivity contribution is 1.04. The van der Waals surface area contributed by atoms with Gasteiger partial charge < -0.3 is 16.0 Å². The number of nitrogen functional groups attached to an aromatic ring is 2. The molecule has 0 amide bonds. The van der Waals surface area contributed by atoms with Crippen molar-refractivity contribution in [1.82, 2.24) is 9.55 Å². The molecule has 2 aromatic rings. The number of nitrogens with zero attached hydrogens (tertiary/aromatic N) is 2. The quantitative estimate of drug-likeness (QED) is 0.727. The smallest absolute Gasteiger partial charge is 0.0991 e. The van der Waals surface area contributed by atoms with E-state index < -0.39 is 0 Å². The zero-order valence-electron chi connectivity index (χ0n) is 8.64. The molecule has 15 heavy (non-hydrogen) atoms. The molecule has 0 radical (unpaired) electrons. The van der Waals surface area contributed by atoms with Crippen LogP contribution in [0.5, 0.6) is 0 Å². The second-order valence-corrected chi connectivity index (χ2v) is 3.43. The number of nitrogens with two attached hydrogens (primary N) is 2. The number of imidazole rings is 1. The summed E-state index contributed by atoms with van der Waals surface area (Å²) in [6.07, 6.45) is 6.23. The minimum atomic E-state index is 0.623. The van der Waals surface area contributed by atoms with Gasteiger partial charge in [0.1, 0.15) is 0 Å². The second-order valence-electron chi connectivity index (χ2n) is 3.43. The van der Waals surface area contributed by atoms with Crippen LogP contribution in [0.25, 0.3) is 5.69 Å². The molecule has 0 spiro atoms. The summed E-state index contributed by atoms with van der Waals surface area (Å²) in [7, 11) is 0. The van der Waals surface area contributed by atoms with Crippen LogP contribution in [-0.2, 0) is 6.42 Å². The minimum Gasteiger partial charge on any atom is -0.397 e. The summed E-state index contributed by atoms with van der Waals surface area (Å²) in [4.78, 5) is 4.00. The van der Waals surface area contributed by atoms with Crippen LogP contribution in [-0.4, -0.2) is 9.55 Å². The molecule has 0 aliphatic rings. The van der Waals surface area contributed by atoms with Crippen LogP contribution >= 0.6 is 0 Å². The molecule has 4 heteroatoms. The Morgan fingerprint density at radius 1 is 1.33 bits per heavy atom. The maximum absolute atomic E-state index is 5.87. The van der Waals surface area contributed by atoms with Gasteiger partial charge in [-0.15, -0.1) is 0 Å². The highest BCUT2D eigenvalue weighted by atomic mass is 15.0. The number of hydrogen-bond acceptors (Lipinski definition) is 3. The summed E-state index contributed by atoms with van der Waals surface area (Å²) in [6.45, 7) is 2.06. The second kappa shape index (κ2) is 3.65. The predicted molar refractivity (Wildman–Crippen MR) is 61.8 cm³/mol. The van der Waals surface area contributed by atoms with E-state index in [1.54, 1.807) is 12.5 Å². The summed E-state index contributed by atoms with van der Waals surface area (Å²) >= 11 is 0. The topological polar surface area (TPSA) is 69.9 Å². The Labute approximate surface area is 88.5 Å². The van der Waals surface area contributed by atoms with Crippen molar-refractivity contribution in [2.45, 2.75) is 13.3 Å². The maximum atomic E-state index is 5.87. The summed E-state index contributed by atoms with van der Waals surface area (Å²) in [5.41, 5.74) is 15.1. The Bertz CT molecular complexity index is 460. The lowest BCUT2D eigenvalue weighted by Gasteiger charge is -2.10. The van der Waals surface area contributed by atoms with Gasteiger partial charge in [0, 0.05) is 18.1 Å². The van der Waals surface area contributed by atoms with E-state index in [4.69, 9.17) is 11.5 Å². The van der Waals surface area contributed by atoms with Crippen molar-refractivity contribution in [2.75, 3.05) is 11.5 Å². The van der Waals surface area contributed by atoms with Gasteiger partial charge in [-0.1, -0.05) is 6.92 Å². The third-order valence-corrected chi connectivity index (χ3v) is 2.47. The molecule has 0 aliphatic carbocycles. The van der Waals surface area contributed by atoms with Crippen LogP contribution in [0.4, 0.5) is 11.4 Å². The van der Waals surface area contributed by atoms with E-state index in [2.05, 4.69) is 11.9 Å². The maximum Gasteiger partial charge on any atom is 0.0991 e. The van der Waals surface area contributed by atoms with E-state index in [1.807, 2.05) is 22.9 Å². The number of benzene rings is 1. The first-order valence-electron chi connectivity index (χ1n) is 4.88. The van der Waals surface area contributed by atoms with Gasteiger partial charge in [0.15, 0.2) is 0 Å². The van der Waals surface area contributed by atoms with Crippen molar-refractivity contribution in [2.24, 2.45) is 0 Å². The summed E-state index contributed by atoms with van der Waals surface area (Å²) in [5, 5.41) is 0. The van der Waals surface area contributed by atoms with E-state index in [0.29, 0.717) is 11.4 Å². The molecule has 1 aromatic heterocycles. The van der Waals surface area contributed by atoms with Crippen molar-refractivity contribution < 1.29 is 0 Å². The van der Waals surface area contributed by atoms with Crippen molar-refractivity contribution >= 4 is 11.4 Å². The lowest BCUT2D eigenvalue weighted by Crippen LogP contribution is -2.02. The van der Waals surface area contributed by atoms with Gasteiger partial charge in [-0.25, -0.2) is 4.98 Å². The van der Waals surface area contributed by atoms with E-state index in [9.17, 15) is 0 Å². The highest BCUT2D eigenvalue weighted by molar-refractivity contribution is 5.71. The van der Waals surface area contributed by atoms with E-state index in [-0.39, 0.29) is 0 Å². The standard InChI is InChI=1S/C11H14N4/c1-2-8-5-9(6-10(12)11(8)13)15-4-3-14-7-15/h3-7H,2,12-13H2,1H3. The van der Waals surface area contributed by atoms with E-state index in [0.717, 1.165) is 17.7 Å². The molecule has 0 aliphatic heterocycles. The van der Waals surface area contributed by atoms with Crippen molar-refractivity contribution in [3.8, 4) is 5.69 Å². The molecule has 0 fully saturated rings. The summed E-state index contributed by atoms with van der Waals surface area (Å²) < 4.78 is 1.91. The minimum absolute atomic E-state index is 0.623. The normalized spacial score (nSPS) is 10.5. The van der Waals surface area contributed by atoms with Gasteiger partial charge in [-0.05, 0) is 24.1 Å². The number of aryl methyl sites for hydroxylation is 1. The largest absolute Gasteiger partial charge is 0.397 e. The monoisotopic (exact) mass is 202 g/mol. The average molecular weight is 202 g/mol. The Hall–Kier alpha value is -1.97. The molecule has 4 N–H and O–H groups in total. The summed E-state index contributed by atoms with van der Waals surface area (Å²) in [6, 6.07) is 3.89. The molecule has 0 bridgehead atoms. The van der Waals surface area contributed by atoms with Crippen LogP contribution < -0.4 is 11.5 Å². The molecule has 4 nitrogen and oxygen atoms in total. The lowest BCUT2D eigenvalue weighted by atomic mass is 10.1. The van der Waals surface area contributed by atoms with Gasteiger partial charge in [0.25, 0.3) is 0 Å². The van der Waals surface area contributed by atoms with Crippen LogP contribution in [0.2, 0.25) is 0 Å². The van der Waals surface area contributed by atoms with Gasteiger partial charge in [-0.3, -0.25) is 0 Å². The first-order valence-corrected chi connectivity index (χ1v) is 4.88. The zero-order valence-corrected chi connectivity index (χ0v) is 8.64. The van der Waals surface area contributed by atoms with E-state index >= 15 is 0 Å². The number of hydrogen-bond donors (Lipinski definition) is 2. The molecule has 1 aromatic carbocycles. The molecule has 0 saturated carbocycles. The first-order chi connectivity index (χ1) is 7.22. The van der Waals surface area contributed by atoms with Crippen LogP contribution in [0.3, 0.4) is 0 Å². The van der Waals surface area contributed by atoms with Gasteiger partial charge >= 0.3 is 0 Å². The van der Waals surface area contributed by atoms with E-state index in [1.165, 1.54) is 0 Å². The van der Waals surface area contributed by atoms with Crippen LogP contribution in [0.15, 0.2) is 30.9 Å². The van der Waals surface area contributed by atoms with Crippen molar-refractivity contribution in [3.63, 3.8) is 0 Å². The molecule has 1 heterocycles. The average Bonchev–Trinajstić information content (AvgIpc) is 2.75. The molecule has 0 atom stereocenters. The predicted octanol–water partition coefficient (Wildman–Crippen LogP) is 1.60. The summed E-state index contributed by atoms with van der Waals surface area (Å²) in [5.74, 6) is 0. The van der Waals surface area contributed by atoms with Gasteiger partial charge in [-0.2, -0.15) is 0 Å². The Balaban J connectivity index is 2.55. The highest BCUT2D eigenvalue weighted by Crippen LogP contribution is 2.24. The third kappa shape index (κ3) is 1.66. The first kappa shape index (κ1) is 9.58. The fraction of sp³-hybridized carbons (Fsp3) is 0.182. The van der Waals surface area contributed by atoms with Crippen LogP contribution in [0, 0.1) is 0 Å². The molecule has 78 valence electrons. The molecule has 0 saturated heterocycles. The third-order valence-electron chi connectivity index (χ3n) is 2.47. The Morgan fingerprint density at radius 2 is 2.13 bits per heavy atom. The SMILES string of the molecule is CCc1cc(-n2ccnc2)cc(N)c1N. The Morgan fingerprint density at radius 3 is 2.73 bits per heavy atom. The molecule has 0 unspecified atom stereocenters. The number of aromatic nitrogens is 2. The molecular weight excluding hydrogens is 188 g/mol. The van der Waals surface area contributed by atoms with Gasteiger partial charge in [0.2, 0.25) is 0 Å². The fourth-order valence-corrected chi connectivity index (χ4v) is 1.57. The molecule has 2 rings (SSSR count). The highest BCUT2D eigenvalue weighted by Gasteiger charge is 2.05. The number of anilines is 2. The Kier molecular flexibility index (Phi) is 2.33. The van der Waals surface area contributed by atoms with Crippen LogP contribution in [0.1, 0.15) is 12.5 Å². The zero-order chi connectivity index (χ0) is 10.8. The number of rotatable bonds is 2. The molecular formula is C11H14N4. The van der Waals surface area contributed by atoms with Crippen molar-refractivity contribution in [3.05, 3.63) is 36.4 Å². The van der Waals surface area contributed by atoms with Crippen molar-refractivity contribution in [1.29, 1.82) is 0 Å².